The molecule has 9 nitrogen and oxygen atoms in total. The minimum atomic E-state index is -0.445. The molecule has 0 bridgehead atoms. The van der Waals surface area contributed by atoms with Crippen LogP contribution in [0.1, 0.15) is 16.9 Å². The van der Waals surface area contributed by atoms with E-state index in [-0.39, 0.29) is 11.9 Å². The minimum Gasteiger partial charge on any atom is -0.392 e. The van der Waals surface area contributed by atoms with Gasteiger partial charge < -0.3 is 15.7 Å². The number of hydrogen-bond acceptors (Lipinski definition) is 9. The number of halogens is 1. The average Bonchev–Trinajstić information content (AvgIpc) is 3.58. The maximum absolute atomic E-state index is 14.2. The minimum absolute atomic E-state index is 0.336. The zero-order valence-corrected chi connectivity index (χ0v) is 20.3. The molecule has 2 amide bonds. The average molecular weight is 514 g/mol. The molecule has 4 aromatic rings. The number of aromatic nitrogens is 3. The molecule has 1 saturated heterocycles. The van der Waals surface area contributed by atoms with Crippen LogP contribution in [-0.2, 0) is 13.0 Å². The maximum Gasteiger partial charge on any atom is 0.325 e. The van der Waals surface area contributed by atoms with E-state index >= 15 is 0 Å². The van der Waals surface area contributed by atoms with Crippen LogP contribution in [0.15, 0.2) is 42.2 Å². The van der Waals surface area contributed by atoms with E-state index in [9.17, 15) is 14.3 Å². The van der Waals surface area contributed by atoms with Crippen molar-refractivity contribution >= 4 is 55.6 Å². The second-order valence-electron chi connectivity index (χ2n) is 8.23. The van der Waals surface area contributed by atoms with Gasteiger partial charge in [0.2, 0.25) is 0 Å². The summed E-state index contributed by atoms with van der Waals surface area (Å²) < 4.78 is 15.3. The molecule has 0 spiro atoms. The summed E-state index contributed by atoms with van der Waals surface area (Å²) in [6.45, 7) is 2.30. The highest BCUT2D eigenvalue weighted by molar-refractivity contribution is 7.17. The monoisotopic (exact) mass is 513 g/mol. The quantitative estimate of drug-likeness (QED) is 0.280. The number of aliphatic hydroxyl groups excluding tert-OH is 1. The second-order valence-corrected chi connectivity index (χ2v) is 10.3. The Labute approximate surface area is 209 Å². The number of likely N-dealkylation sites (tertiary alicyclic amines) is 1. The van der Waals surface area contributed by atoms with Crippen molar-refractivity contribution in [1.82, 2.24) is 19.9 Å². The Hall–Kier alpha value is -3.19. The molecule has 0 aliphatic carbocycles. The predicted octanol–water partition coefficient (Wildman–Crippen LogP) is 4.15. The van der Waals surface area contributed by atoms with Gasteiger partial charge >= 0.3 is 6.03 Å². The van der Waals surface area contributed by atoms with Crippen LogP contribution < -0.4 is 16.0 Å². The molecule has 1 atom stereocenters. The van der Waals surface area contributed by atoms with Crippen LogP contribution in [0.25, 0.3) is 10.2 Å². The molecule has 35 heavy (non-hydrogen) atoms. The standard InChI is InChI=1S/C23H24FN7O2S2/c24-18-2-1-15(9-14(18)11-31-7-4-16(32)12-31)29-22(33)30-23-26-10-17(35-23)3-6-25-21-20-19(5-8-34-20)27-13-28-21/h1-2,5,8-10,13,16,32H,3-4,6-7,11-12H2,(H,25,27,28)(H2,26,29,30,33)/t16-/m1/s1. The highest BCUT2D eigenvalue weighted by Gasteiger charge is 2.21. The van der Waals surface area contributed by atoms with Gasteiger partial charge in [-0.05, 0) is 36.1 Å². The Morgan fingerprint density at radius 1 is 1.23 bits per heavy atom. The number of fused-ring (bicyclic) bond motifs is 1. The lowest BCUT2D eigenvalue weighted by Gasteiger charge is -2.16. The molecule has 12 heteroatoms. The zero-order valence-electron chi connectivity index (χ0n) is 18.7. The van der Waals surface area contributed by atoms with Crippen LogP contribution in [0.4, 0.5) is 25.8 Å². The number of rotatable bonds is 8. The number of carbonyl (C=O) groups excluding carboxylic acids is 1. The van der Waals surface area contributed by atoms with Gasteiger partial charge in [0.1, 0.15) is 18.0 Å². The van der Waals surface area contributed by atoms with E-state index in [0.717, 1.165) is 33.9 Å². The van der Waals surface area contributed by atoms with Crippen LogP contribution in [0.2, 0.25) is 0 Å². The highest BCUT2D eigenvalue weighted by Crippen LogP contribution is 2.25. The number of anilines is 3. The van der Waals surface area contributed by atoms with Gasteiger partial charge in [-0.1, -0.05) is 0 Å². The molecule has 5 rings (SSSR count). The van der Waals surface area contributed by atoms with Gasteiger partial charge in [-0.15, -0.1) is 22.7 Å². The molecule has 3 aromatic heterocycles. The number of urea groups is 1. The number of thiazole rings is 1. The van der Waals surface area contributed by atoms with Crippen LogP contribution >= 0.6 is 22.7 Å². The first kappa shape index (κ1) is 23.5. The largest absolute Gasteiger partial charge is 0.392 e. The number of carbonyl (C=O) groups is 1. The fraction of sp³-hybridized carbons (Fsp3) is 0.304. The summed E-state index contributed by atoms with van der Waals surface area (Å²) in [5.74, 6) is 0.476. The van der Waals surface area contributed by atoms with E-state index in [0.29, 0.717) is 42.4 Å². The highest BCUT2D eigenvalue weighted by atomic mass is 32.1. The van der Waals surface area contributed by atoms with Gasteiger partial charge in [0.05, 0.1) is 16.3 Å². The number of nitrogens with one attached hydrogen (secondary N) is 3. The van der Waals surface area contributed by atoms with Crippen molar-refractivity contribution in [2.24, 2.45) is 0 Å². The van der Waals surface area contributed by atoms with Crippen LogP contribution in [0.5, 0.6) is 0 Å². The molecule has 0 saturated carbocycles. The number of thiophene rings is 1. The second kappa shape index (κ2) is 10.6. The van der Waals surface area contributed by atoms with Gasteiger partial charge in [-0.2, -0.15) is 0 Å². The van der Waals surface area contributed by atoms with Gasteiger partial charge in [-0.3, -0.25) is 10.2 Å². The summed E-state index contributed by atoms with van der Waals surface area (Å²) in [6.07, 6.45) is 4.33. The molecule has 1 aliphatic rings. The lowest BCUT2D eigenvalue weighted by Crippen LogP contribution is -2.23. The Morgan fingerprint density at radius 2 is 2.14 bits per heavy atom. The number of benzene rings is 1. The van der Waals surface area contributed by atoms with E-state index in [1.54, 1.807) is 29.9 Å². The Balaban J connectivity index is 1.12. The van der Waals surface area contributed by atoms with Crippen molar-refractivity contribution in [3.63, 3.8) is 0 Å². The number of nitrogens with zero attached hydrogens (tertiary/aromatic N) is 4. The van der Waals surface area contributed by atoms with Crippen LogP contribution in [-0.4, -0.2) is 56.7 Å². The molecular formula is C23H24FN7O2S2. The van der Waals surface area contributed by atoms with Gasteiger partial charge in [-0.25, -0.2) is 24.1 Å². The lowest BCUT2D eigenvalue weighted by atomic mass is 10.1. The molecule has 4 heterocycles. The number of hydrogen-bond donors (Lipinski definition) is 4. The molecule has 4 N–H and O–H groups in total. The number of aliphatic hydroxyl groups is 1. The van der Waals surface area contributed by atoms with Crippen molar-refractivity contribution in [2.75, 3.05) is 35.6 Å². The summed E-state index contributed by atoms with van der Waals surface area (Å²) >= 11 is 2.99. The molecule has 182 valence electrons. The van der Waals surface area contributed by atoms with Crippen molar-refractivity contribution < 1.29 is 14.3 Å². The molecule has 1 aliphatic heterocycles. The Kier molecular flexibility index (Phi) is 7.13. The van der Waals surface area contributed by atoms with E-state index in [4.69, 9.17) is 0 Å². The lowest BCUT2D eigenvalue weighted by molar-refractivity contribution is 0.174. The van der Waals surface area contributed by atoms with E-state index in [1.165, 1.54) is 23.5 Å². The first-order valence-corrected chi connectivity index (χ1v) is 12.9. The fourth-order valence-corrected chi connectivity index (χ4v) is 5.55. The third-order valence-corrected chi connectivity index (χ3v) is 7.51. The third kappa shape index (κ3) is 5.90. The third-order valence-electron chi connectivity index (χ3n) is 5.63. The summed E-state index contributed by atoms with van der Waals surface area (Å²) in [6, 6.07) is 6.00. The van der Waals surface area contributed by atoms with E-state index in [2.05, 4.69) is 30.9 Å². The summed E-state index contributed by atoms with van der Waals surface area (Å²) in [7, 11) is 0. The molecule has 1 aromatic carbocycles. The fourth-order valence-electron chi connectivity index (χ4n) is 3.93. The zero-order chi connectivity index (χ0) is 24.2. The molecule has 0 radical (unpaired) electrons. The summed E-state index contributed by atoms with van der Waals surface area (Å²) in [5, 5.41) is 21.0. The molecule has 1 fully saturated rings. The molecular weight excluding hydrogens is 489 g/mol. The smallest absolute Gasteiger partial charge is 0.325 e. The number of β-amino-alcohol motifs (C(OH)–C–C–N with tert-alkyl or cyclic N) is 1. The van der Waals surface area contributed by atoms with Gasteiger partial charge in [0.25, 0.3) is 0 Å². The maximum atomic E-state index is 14.2. The SMILES string of the molecule is O=C(Nc1ccc(F)c(CN2CC[C@@H](O)C2)c1)Nc1ncc(CCNc2ncnc3ccsc23)s1. The van der Waals surface area contributed by atoms with Crippen molar-refractivity contribution in [3.8, 4) is 0 Å². The Bertz CT molecular complexity index is 1330. The topological polar surface area (TPSA) is 115 Å². The van der Waals surface area contributed by atoms with E-state index in [1.807, 2.05) is 16.3 Å². The van der Waals surface area contributed by atoms with Crippen molar-refractivity contribution in [1.29, 1.82) is 0 Å². The normalized spacial score (nSPS) is 16.0. The van der Waals surface area contributed by atoms with Crippen LogP contribution in [0, 0.1) is 5.82 Å². The molecule has 0 unspecified atom stereocenters. The number of amides is 2. The van der Waals surface area contributed by atoms with Gasteiger partial charge in [0, 0.05) is 54.9 Å². The van der Waals surface area contributed by atoms with Gasteiger partial charge in [0.15, 0.2) is 5.13 Å². The summed E-state index contributed by atoms with van der Waals surface area (Å²) in [5.41, 5.74) is 1.89. The van der Waals surface area contributed by atoms with E-state index < -0.39 is 6.03 Å². The van der Waals surface area contributed by atoms with Crippen LogP contribution in [0.3, 0.4) is 0 Å². The van der Waals surface area contributed by atoms with Crippen molar-refractivity contribution in [3.05, 3.63) is 58.4 Å². The predicted molar refractivity (Wildman–Crippen MR) is 137 cm³/mol. The first-order valence-electron chi connectivity index (χ1n) is 11.2. The first-order chi connectivity index (χ1) is 17.0. The summed E-state index contributed by atoms with van der Waals surface area (Å²) in [4.78, 5) is 28.3. The Morgan fingerprint density at radius 3 is 3.00 bits per heavy atom. The van der Waals surface area contributed by atoms with Crippen molar-refractivity contribution in [2.45, 2.75) is 25.5 Å².